The molecule has 0 aliphatic rings. The van der Waals surface area contributed by atoms with E-state index in [1.165, 1.54) is 0 Å². The highest BCUT2D eigenvalue weighted by molar-refractivity contribution is 6.00. The number of hydrogen-bond acceptors (Lipinski definition) is 4. The summed E-state index contributed by atoms with van der Waals surface area (Å²) in [5.41, 5.74) is 1.14. The van der Waals surface area contributed by atoms with Gasteiger partial charge >= 0.3 is 5.97 Å². The third-order valence-corrected chi connectivity index (χ3v) is 5.65. The molecule has 1 atom stereocenters. The third kappa shape index (κ3) is 9.19. The van der Waals surface area contributed by atoms with Crippen molar-refractivity contribution in [3.63, 3.8) is 0 Å². The van der Waals surface area contributed by atoms with Gasteiger partial charge in [-0.15, -0.1) is 0 Å². The van der Waals surface area contributed by atoms with Crippen LogP contribution in [0.3, 0.4) is 0 Å². The number of hydrogen-bond donors (Lipinski definition) is 2. The number of carbonyl (C=O) groups is 2. The molecule has 0 saturated heterocycles. The molecule has 0 fully saturated rings. The highest BCUT2D eigenvalue weighted by atomic mass is 16.4. The smallest absolute Gasteiger partial charge is 0.306 e. The number of phenols is 1. The Kier molecular flexibility index (Phi) is 12.9. The molecule has 5 nitrogen and oxygen atoms in total. The predicted molar refractivity (Wildman–Crippen MR) is 124 cm³/mol. The molecule has 1 unspecified atom stereocenters. The van der Waals surface area contributed by atoms with Crippen molar-refractivity contribution in [3.05, 3.63) is 23.8 Å². The van der Waals surface area contributed by atoms with Crippen LogP contribution in [0.15, 0.2) is 18.2 Å². The summed E-state index contributed by atoms with van der Waals surface area (Å²) in [6.07, 6.45) is 10.0. The normalized spacial score (nSPS) is 12.0. The van der Waals surface area contributed by atoms with Crippen molar-refractivity contribution in [3.8, 4) is 5.75 Å². The first-order valence-electron chi connectivity index (χ1n) is 11.8. The van der Waals surface area contributed by atoms with E-state index < -0.39 is 11.9 Å². The van der Waals surface area contributed by atoms with Crippen molar-refractivity contribution >= 4 is 17.4 Å². The lowest BCUT2D eigenvalue weighted by Gasteiger charge is -2.25. The lowest BCUT2D eigenvalue weighted by Crippen LogP contribution is -2.25. The SMILES string of the molecule is CCCCCCCC(CC(=O)c1ccc(N(CCCC)CCCC)cc1O)C(=O)O. The topological polar surface area (TPSA) is 77.8 Å². The van der Waals surface area contributed by atoms with Gasteiger partial charge < -0.3 is 15.1 Å². The van der Waals surface area contributed by atoms with Gasteiger partial charge in [0.25, 0.3) is 0 Å². The molecular formula is C25H41NO4. The number of aromatic hydroxyl groups is 1. The van der Waals surface area contributed by atoms with Crippen LogP contribution in [0.25, 0.3) is 0 Å². The van der Waals surface area contributed by atoms with Gasteiger partial charge in [0, 0.05) is 31.3 Å². The van der Waals surface area contributed by atoms with Gasteiger partial charge in [-0.25, -0.2) is 0 Å². The van der Waals surface area contributed by atoms with Gasteiger partial charge in [0.15, 0.2) is 5.78 Å². The molecule has 1 rings (SSSR count). The molecule has 0 bridgehead atoms. The van der Waals surface area contributed by atoms with Crippen molar-refractivity contribution in [1.29, 1.82) is 0 Å². The summed E-state index contributed by atoms with van der Waals surface area (Å²) in [7, 11) is 0. The van der Waals surface area contributed by atoms with E-state index in [-0.39, 0.29) is 23.5 Å². The molecule has 0 heterocycles. The number of rotatable bonds is 17. The summed E-state index contributed by atoms with van der Waals surface area (Å²) in [6.45, 7) is 8.29. The Morgan fingerprint density at radius 1 is 0.900 bits per heavy atom. The maximum atomic E-state index is 12.7. The fourth-order valence-electron chi connectivity index (χ4n) is 3.66. The van der Waals surface area contributed by atoms with E-state index in [2.05, 4.69) is 25.7 Å². The second-order valence-corrected chi connectivity index (χ2v) is 8.26. The van der Waals surface area contributed by atoms with E-state index in [0.717, 1.165) is 76.6 Å². The maximum absolute atomic E-state index is 12.7. The zero-order chi connectivity index (χ0) is 22.4. The van der Waals surface area contributed by atoms with E-state index >= 15 is 0 Å². The van der Waals surface area contributed by atoms with Crippen LogP contribution in [0.1, 0.15) is 102 Å². The summed E-state index contributed by atoms with van der Waals surface area (Å²) in [6, 6.07) is 5.18. The van der Waals surface area contributed by atoms with E-state index in [9.17, 15) is 19.8 Å². The molecule has 5 heteroatoms. The van der Waals surface area contributed by atoms with Crippen molar-refractivity contribution in [2.45, 2.75) is 91.4 Å². The highest BCUT2D eigenvalue weighted by Crippen LogP contribution is 2.28. The first kappa shape index (κ1) is 26.0. The van der Waals surface area contributed by atoms with Crippen LogP contribution in [0, 0.1) is 5.92 Å². The minimum absolute atomic E-state index is 0.0532. The third-order valence-electron chi connectivity index (χ3n) is 5.65. The van der Waals surface area contributed by atoms with E-state index in [4.69, 9.17) is 0 Å². The number of ketones is 1. The molecule has 0 aromatic heterocycles. The van der Waals surface area contributed by atoms with Gasteiger partial charge in [-0.2, -0.15) is 0 Å². The molecule has 170 valence electrons. The standard InChI is InChI=1S/C25H41NO4/c1-4-7-10-11-12-13-20(25(29)30)18-23(27)22-15-14-21(19-24(22)28)26(16-8-5-2)17-9-6-3/h14-15,19-20,28H,4-13,16-18H2,1-3H3,(H,29,30). The summed E-state index contributed by atoms with van der Waals surface area (Å²) >= 11 is 0. The molecule has 30 heavy (non-hydrogen) atoms. The average Bonchev–Trinajstić information content (AvgIpc) is 2.72. The first-order chi connectivity index (χ1) is 14.4. The summed E-state index contributed by atoms with van der Waals surface area (Å²) in [4.78, 5) is 26.5. The lowest BCUT2D eigenvalue weighted by molar-refractivity contribution is -0.141. The fourth-order valence-corrected chi connectivity index (χ4v) is 3.66. The minimum Gasteiger partial charge on any atom is -0.507 e. The number of nitrogens with zero attached hydrogens (tertiary/aromatic N) is 1. The first-order valence-corrected chi connectivity index (χ1v) is 11.8. The molecule has 0 amide bonds. The molecule has 2 N–H and O–H groups in total. The Morgan fingerprint density at radius 2 is 1.50 bits per heavy atom. The maximum Gasteiger partial charge on any atom is 0.306 e. The van der Waals surface area contributed by atoms with Gasteiger partial charge in [0.2, 0.25) is 0 Å². The van der Waals surface area contributed by atoms with E-state index in [1.807, 2.05) is 6.07 Å². The van der Waals surface area contributed by atoms with Crippen LogP contribution >= 0.6 is 0 Å². The van der Waals surface area contributed by atoms with Crippen LogP contribution in [0.5, 0.6) is 5.75 Å². The zero-order valence-electron chi connectivity index (χ0n) is 19.2. The van der Waals surface area contributed by atoms with Crippen LogP contribution in [-0.2, 0) is 4.79 Å². The Balaban J connectivity index is 2.79. The second kappa shape index (κ2) is 14.9. The summed E-state index contributed by atoms with van der Waals surface area (Å²) in [5.74, 6) is -1.97. The quantitative estimate of drug-likeness (QED) is 0.225. The molecule has 0 aliphatic heterocycles. The number of anilines is 1. The fraction of sp³-hybridized carbons (Fsp3) is 0.680. The monoisotopic (exact) mass is 419 g/mol. The van der Waals surface area contributed by atoms with Crippen molar-refractivity contribution < 1.29 is 19.8 Å². The average molecular weight is 420 g/mol. The summed E-state index contributed by atoms with van der Waals surface area (Å²) in [5, 5.41) is 20.0. The van der Waals surface area contributed by atoms with Gasteiger partial charge in [0.1, 0.15) is 5.75 Å². The molecule has 0 aliphatic carbocycles. The number of benzene rings is 1. The van der Waals surface area contributed by atoms with Crippen LogP contribution in [0.4, 0.5) is 5.69 Å². The van der Waals surface area contributed by atoms with Crippen LogP contribution in [0.2, 0.25) is 0 Å². The molecular weight excluding hydrogens is 378 g/mol. The molecule has 1 aromatic rings. The number of unbranched alkanes of at least 4 members (excludes halogenated alkanes) is 6. The molecule has 0 saturated carbocycles. The van der Waals surface area contributed by atoms with Gasteiger partial charge in [-0.05, 0) is 31.4 Å². The molecule has 0 radical (unpaired) electrons. The van der Waals surface area contributed by atoms with Gasteiger partial charge in [-0.1, -0.05) is 65.7 Å². The number of Topliss-reactive ketones (excluding diaryl/α,β-unsaturated/α-hetero) is 1. The Hall–Kier alpha value is -2.04. The number of phenolic OH excluding ortho intramolecular Hbond substituents is 1. The van der Waals surface area contributed by atoms with E-state index in [0.29, 0.717) is 6.42 Å². The van der Waals surface area contributed by atoms with Crippen molar-refractivity contribution in [1.82, 2.24) is 0 Å². The second-order valence-electron chi connectivity index (χ2n) is 8.26. The van der Waals surface area contributed by atoms with Gasteiger partial charge in [0.05, 0.1) is 11.5 Å². The summed E-state index contributed by atoms with van der Waals surface area (Å²) < 4.78 is 0. The number of carboxylic acids is 1. The highest BCUT2D eigenvalue weighted by Gasteiger charge is 2.23. The molecule has 1 aromatic carbocycles. The van der Waals surface area contributed by atoms with E-state index in [1.54, 1.807) is 12.1 Å². The Morgan fingerprint density at radius 3 is 2.03 bits per heavy atom. The number of carbonyl (C=O) groups excluding carboxylic acids is 1. The zero-order valence-corrected chi connectivity index (χ0v) is 19.2. The Labute approximate surface area is 182 Å². The van der Waals surface area contributed by atoms with Crippen LogP contribution < -0.4 is 4.90 Å². The van der Waals surface area contributed by atoms with Crippen molar-refractivity contribution in [2.24, 2.45) is 5.92 Å². The number of aliphatic carboxylic acids is 1. The van der Waals surface area contributed by atoms with Gasteiger partial charge in [-0.3, -0.25) is 9.59 Å². The Bertz CT molecular complexity index is 636. The number of carboxylic acid groups (broad SMARTS) is 1. The predicted octanol–water partition coefficient (Wildman–Crippen LogP) is 6.43. The van der Waals surface area contributed by atoms with Crippen LogP contribution in [-0.4, -0.2) is 35.1 Å². The lowest BCUT2D eigenvalue weighted by atomic mass is 9.92. The molecule has 0 spiro atoms. The largest absolute Gasteiger partial charge is 0.507 e. The minimum atomic E-state index is -0.930. The van der Waals surface area contributed by atoms with Crippen molar-refractivity contribution in [2.75, 3.05) is 18.0 Å².